The number of benzene rings is 1. The standard InChI is InChI=1S/C11H8ClNOS/c12-10-7-13-6-5-11(10)15-9-3-1-8(14)2-4-9/h1-7,14H. The Bertz CT molecular complexity index is 458. The molecule has 0 aliphatic heterocycles. The van der Waals surface area contributed by atoms with Crippen molar-refractivity contribution in [1.29, 1.82) is 0 Å². The van der Waals surface area contributed by atoms with Gasteiger partial charge in [-0.05, 0) is 30.3 Å². The molecular formula is C11H8ClNOS. The molecule has 76 valence electrons. The lowest BCUT2D eigenvalue weighted by molar-refractivity contribution is 0.475. The van der Waals surface area contributed by atoms with Gasteiger partial charge in [0.1, 0.15) is 5.75 Å². The molecule has 2 nitrogen and oxygen atoms in total. The highest BCUT2D eigenvalue weighted by atomic mass is 35.5. The van der Waals surface area contributed by atoms with Crippen molar-refractivity contribution < 1.29 is 5.11 Å². The van der Waals surface area contributed by atoms with Crippen LogP contribution in [0.3, 0.4) is 0 Å². The minimum Gasteiger partial charge on any atom is -0.508 e. The van der Waals surface area contributed by atoms with Crippen LogP contribution in [0.1, 0.15) is 0 Å². The van der Waals surface area contributed by atoms with E-state index in [0.29, 0.717) is 5.02 Å². The van der Waals surface area contributed by atoms with E-state index in [-0.39, 0.29) is 5.75 Å². The van der Waals surface area contributed by atoms with Gasteiger partial charge in [0.15, 0.2) is 0 Å². The van der Waals surface area contributed by atoms with Crippen LogP contribution in [0.25, 0.3) is 0 Å². The SMILES string of the molecule is Oc1ccc(Sc2ccncc2Cl)cc1. The molecule has 2 aromatic rings. The molecule has 0 unspecified atom stereocenters. The molecule has 0 amide bonds. The highest BCUT2D eigenvalue weighted by molar-refractivity contribution is 7.99. The van der Waals surface area contributed by atoms with Crippen molar-refractivity contribution >= 4 is 23.4 Å². The van der Waals surface area contributed by atoms with Crippen molar-refractivity contribution in [3.63, 3.8) is 0 Å². The first-order chi connectivity index (χ1) is 7.25. The molecule has 0 saturated heterocycles. The molecular weight excluding hydrogens is 230 g/mol. The number of hydrogen-bond acceptors (Lipinski definition) is 3. The lowest BCUT2D eigenvalue weighted by Crippen LogP contribution is -1.77. The molecule has 15 heavy (non-hydrogen) atoms. The number of pyridine rings is 1. The van der Waals surface area contributed by atoms with Gasteiger partial charge >= 0.3 is 0 Å². The van der Waals surface area contributed by atoms with Gasteiger partial charge in [0, 0.05) is 22.2 Å². The Kier molecular flexibility index (Phi) is 3.14. The number of rotatable bonds is 2. The second kappa shape index (κ2) is 4.55. The molecule has 0 bridgehead atoms. The van der Waals surface area contributed by atoms with E-state index >= 15 is 0 Å². The summed E-state index contributed by atoms with van der Waals surface area (Å²) in [4.78, 5) is 5.90. The van der Waals surface area contributed by atoms with Gasteiger partial charge in [0.25, 0.3) is 0 Å². The predicted octanol–water partition coefficient (Wildman–Crippen LogP) is 3.59. The van der Waals surface area contributed by atoms with Gasteiger partial charge in [0.2, 0.25) is 0 Å². The molecule has 0 radical (unpaired) electrons. The summed E-state index contributed by atoms with van der Waals surface area (Å²) in [6, 6.07) is 8.85. The quantitative estimate of drug-likeness (QED) is 0.867. The lowest BCUT2D eigenvalue weighted by Gasteiger charge is -2.02. The minimum atomic E-state index is 0.264. The summed E-state index contributed by atoms with van der Waals surface area (Å²) in [6.07, 6.45) is 3.32. The van der Waals surface area contributed by atoms with Crippen molar-refractivity contribution in [3.05, 3.63) is 47.7 Å². The third-order valence-electron chi connectivity index (χ3n) is 1.80. The van der Waals surface area contributed by atoms with Gasteiger partial charge in [-0.2, -0.15) is 0 Å². The fourth-order valence-corrected chi connectivity index (χ4v) is 2.13. The topological polar surface area (TPSA) is 33.1 Å². The smallest absolute Gasteiger partial charge is 0.115 e. The molecule has 0 spiro atoms. The van der Waals surface area contributed by atoms with Crippen LogP contribution < -0.4 is 0 Å². The molecule has 0 saturated carbocycles. The molecule has 0 atom stereocenters. The fourth-order valence-electron chi connectivity index (χ4n) is 1.09. The maximum Gasteiger partial charge on any atom is 0.115 e. The van der Waals surface area contributed by atoms with Crippen LogP contribution in [-0.4, -0.2) is 10.1 Å². The first-order valence-corrected chi connectivity index (χ1v) is 5.51. The monoisotopic (exact) mass is 237 g/mol. The zero-order valence-corrected chi connectivity index (χ0v) is 9.29. The van der Waals surface area contributed by atoms with Crippen LogP contribution in [0.4, 0.5) is 0 Å². The predicted molar refractivity (Wildman–Crippen MR) is 61.5 cm³/mol. The third-order valence-corrected chi connectivity index (χ3v) is 3.30. The highest BCUT2D eigenvalue weighted by Crippen LogP contribution is 2.32. The molecule has 0 fully saturated rings. The second-order valence-corrected chi connectivity index (χ2v) is 4.42. The third kappa shape index (κ3) is 2.64. The minimum absolute atomic E-state index is 0.264. The molecule has 1 N–H and O–H groups in total. The van der Waals surface area contributed by atoms with Crippen LogP contribution in [0.15, 0.2) is 52.5 Å². The first kappa shape index (κ1) is 10.3. The zero-order valence-electron chi connectivity index (χ0n) is 7.72. The average Bonchev–Trinajstić information content (AvgIpc) is 2.25. The summed E-state index contributed by atoms with van der Waals surface area (Å²) in [5, 5.41) is 9.77. The van der Waals surface area contributed by atoms with E-state index in [4.69, 9.17) is 16.7 Å². The Morgan fingerprint density at radius 1 is 1.13 bits per heavy atom. The van der Waals surface area contributed by atoms with E-state index in [1.165, 1.54) is 11.8 Å². The zero-order chi connectivity index (χ0) is 10.7. The lowest BCUT2D eigenvalue weighted by atomic mass is 10.3. The van der Waals surface area contributed by atoms with Crippen LogP contribution >= 0.6 is 23.4 Å². The van der Waals surface area contributed by atoms with E-state index in [1.807, 2.05) is 18.2 Å². The van der Waals surface area contributed by atoms with Gasteiger partial charge in [-0.1, -0.05) is 23.4 Å². The summed E-state index contributed by atoms with van der Waals surface area (Å²) >= 11 is 7.51. The number of phenolic OH excluding ortho intramolecular Hbond substituents is 1. The Labute approximate surface area is 96.9 Å². The number of hydrogen-bond donors (Lipinski definition) is 1. The van der Waals surface area contributed by atoms with Crippen molar-refractivity contribution in [2.45, 2.75) is 9.79 Å². The summed E-state index contributed by atoms with van der Waals surface area (Å²) in [5.41, 5.74) is 0. The summed E-state index contributed by atoms with van der Waals surface area (Å²) in [5.74, 6) is 0.264. The van der Waals surface area contributed by atoms with Gasteiger partial charge < -0.3 is 5.11 Å². The Morgan fingerprint density at radius 2 is 1.87 bits per heavy atom. The van der Waals surface area contributed by atoms with Crippen LogP contribution in [0.5, 0.6) is 5.75 Å². The summed E-state index contributed by atoms with van der Waals surface area (Å²) in [7, 11) is 0. The highest BCUT2D eigenvalue weighted by Gasteiger charge is 2.01. The van der Waals surface area contributed by atoms with E-state index in [2.05, 4.69) is 4.98 Å². The summed E-state index contributed by atoms with van der Waals surface area (Å²) < 4.78 is 0. The van der Waals surface area contributed by atoms with Gasteiger partial charge in [-0.15, -0.1) is 0 Å². The van der Waals surface area contributed by atoms with Gasteiger partial charge in [-0.25, -0.2) is 0 Å². The van der Waals surface area contributed by atoms with Gasteiger partial charge in [-0.3, -0.25) is 4.98 Å². The normalized spacial score (nSPS) is 10.2. The van der Waals surface area contributed by atoms with Crippen molar-refractivity contribution in [1.82, 2.24) is 4.98 Å². The van der Waals surface area contributed by atoms with Crippen molar-refractivity contribution in [2.24, 2.45) is 0 Å². The van der Waals surface area contributed by atoms with Crippen LogP contribution in [0, 0.1) is 0 Å². The van der Waals surface area contributed by atoms with Crippen molar-refractivity contribution in [2.75, 3.05) is 0 Å². The maximum atomic E-state index is 9.13. The number of halogens is 1. The molecule has 4 heteroatoms. The molecule has 2 rings (SSSR count). The summed E-state index contributed by atoms with van der Waals surface area (Å²) in [6.45, 7) is 0. The molecule has 0 aliphatic rings. The fraction of sp³-hybridized carbons (Fsp3) is 0. The van der Waals surface area contributed by atoms with E-state index in [1.54, 1.807) is 24.5 Å². The average molecular weight is 238 g/mol. The molecule has 0 aliphatic carbocycles. The first-order valence-electron chi connectivity index (χ1n) is 4.32. The molecule has 1 heterocycles. The molecule has 1 aromatic heterocycles. The van der Waals surface area contributed by atoms with E-state index < -0.39 is 0 Å². The number of aromatic hydroxyl groups is 1. The Balaban J connectivity index is 2.22. The van der Waals surface area contributed by atoms with Crippen LogP contribution in [-0.2, 0) is 0 Å². The van der Waals surface area contributed by atoms with Crippen molar-refractivity contribution in [3.8, 4) is 5.75 Å². The van der Waals surface area contributed by atoms with E-state index in [0.717, 1.165) is 9.79 Å². The second-order valence-electron chi connectivity index (χ2n) is 2.90. The Hall–Kier alpha value is -1.19. The number of phenols is 1. The molecule has 1 aromatic carbocycles. The number of aromatic nitrogens is 1. The Morgan fingerprint density at radius 3 is 2.53 bits per heavy atom. The van der Waals surface area contributed by atoms with Gasteiger partial charge in [0.05, 0.1) is 5.02 Å². The van der Waals surface area contributed by atoms with E-state index in [9.17, 15) is 0 Å². The largest absolute Gasteiger partial charge is 0.508 e. The maximum absolute atomic E-state index is 9.13. The van der Waals surface area contributed by atoms with Crippen LogP contribution in [0.2, 0.25) is 5.02 Å². The number of nitrogens with zero attached hydrogens (tertiary/aromatic N) is 1.